The number of aromatic hydroxyl groups is 1. The number of ether oxygens (including phenoxy) is 1. The third-order valence-corrected chi connectivity index (χ3v) is 5.58. The Hall–Kier alpha value is -3.94. The van der Waals surface area contributed by atoms with E-state index in [9.17, 15) is 14.3 Å². The Balaban J connectivity index is 0.00000241. The van der Waals surface area contributed by atoms with E-state index >= 15 is 0 Å². The molecule has 1 amide bonds. The fraction of sp³-hybridized carbons (Fsp3) is 0.111. The van der Waals surface area contributed by atoms with Gasteiger partial charge in [-0.15, -0.1) is 0 Å². The van der Waals surface area contributed by atoms with Gasteiger partial charge in [-0.3, -0.25) is 4.79 Å². The second-order valence-electron chi connectivity index (χ2n) is 7.72. The molecule has 0 saturated heterocycles. The Kier molecular flexibility index (Phi) is 7.92. The van der Waals surface area contributed by atoms with Crippen molar-refractivity contribution >= 4 is 34.5 Å². The third-order valence-electron chi connectivity index (χ3n) is 5.28. The van der Waals surface area contributed by atoms with Crippen LogP contribution >= 0.6 is 11.6 Å². The lowest BCUT2D eigenvalue weighted by Gasteiger charge is -2.12. The van der Waals surface area contributed by atoms with Gasteiger partial charge in [0.15, 0.2) is 0 Å². The molecule has 0 atom stereocenters. The molecular weight excluding hydrogens is 469 g/mol. The normalized spacial score (nSPS) is 11.1. The molecule has 0 radical (unpaired) electrons. The first kappa shape index (κ1) is 24.2. The number of nitrogens with zero attached hydrogens (tertiary/aromatic N) is 1. The molecule has 6 nitrogen and oxygen atoms in total. The lowest BCUT2D eigenvalue weighted by molar-refractivity contribution is 0.0955. The Morgan fingerprint density at radius 2 is 1.83 bits per heavy atom. The van der Waals surface area contributed by atoms with Gasteiger partial charge in [0.25, 0.3) is 5.91 Å². The molecule has 0 aliphatic heterocycles. The van der Waals surface area contributed by atoms with Gasteiger partial charge in [-0.1, -0.05) is 48.0 Å². The van der Waals surface area contributed by atoms with E-state index in [1.54, 1.807) is 18.3 Å². The summed E-state index contributed by atoms with van der Waals surface area (Å²) >= 11 is 5.86. The zero-order valence-corrected chi connectivity index (χ0v) is 19.4. The maximum absolute atomic E-state index is 13.0. The van der Waals surface area contributed by atoms with Crippen LogP contribution in [0, 0.1) is 5.82 Å². The van der Waals surface area contributed by atoms with Crippen LogP contribution in [0.4, 0.5) is 4.39 Å². The largest absolute Gasteiger partial charge is 0.506 e. The van der Waals surface area contributed by atoms with Crippen molar-refractivity contribution in [3.8, 4) is 11.5 Å². The van der Waals surface area contributed by atoms with Gasteiger partial charge in [-0.05, 0) is 53.4 Å². The zero-order valence-electron chi connectivity index (χ0n) is 18.7. The highest BCUT2D eigenvalue weighted by Crippen LogP contribution is 2.28. The molecule has 4 aromatic carbocycles. The van der Waals surface area contributed by atoms with E-state index in [1.807, 2.05) is 36.4 Å². The van der Waals surface area contributed by atoms with Gasteiger partial charge in [0.1, 0.15) is 23.9 Å². The summed E-state index contributed by atoms with van der Waals surface area (Å²) in [7, 11) is 0. The van der Waals surface area contributed by atoms with Crippen molar-refractivity contribution in [2.45, 2.75) is 6.54 Å². The molecule has 0 bridgehead atoms. The smallest absolute Gasteiger partial charge is 0.271 e. The predicted molar refractivity (Wildman–Crippen MR) is 140 cm³/mol. The van der Waals surface area contributed by atoms with Crippen molar-refractivity contribution in [1.29, 1.82) is 0 Å². The van der Waals surface area contributed by atoms with Crippen molar-refractivity contribution in [2.75, 3.05) is 13.2 Å². The topological polar surface area (TPSA) is 83.0 Å². The fourth-order valence-corrected chi connectivity index (χ4v) is 3.65. The summed E-state index contributed by atoms with van der Waals surface area (Å²) in [6.07, 6.45) is 1.57. The number of hydrogen-bond donors (Lipinski definition) is 3. The number of carbonyl (C=O) groups excluding carboxylic acids is 1. The lowest BCUT2D eigenvalue weighted by atomic mass is 10.0. The zero-order chi connectivity index (χ0) is 24.6. The minimum absolute atomic E-state index is 0. The highest BCUT2D eigenvalue weighted by molar-refractivity contribution is 6.32. The maximum atomic E-state index is 13.0. The standard InChI is InChI=1S/C27H23ClFN3O3.2H2/c28-24-15-19(7-11-25(24)33)27(34)32-31-17-20-8-12-26(23-4-2-1-3-22(20)23)35-14-13-30-16-18-5-9-21(29)10-6-18;;/h1-12,15,17,30,33H,13-14,16H2,(H,32,34);2*1H/b31-17+;;. The average Bonchev–Trinajstić information content (AvgIpc) is 2.87. The quantitative estimate of drug-likeness (QED) is 0.156. The molecule has 35 heavy (non-hydrogen) atoms. The number of fused-ring (bicyclic) bond motifs is 1. The molecule has 0 aliphatic carbocycles. The summed E-state index contributed by atoms with van der Waals surface area (Å²) in [5.41, 5.74) is 4.56. The number of hydrazone groups is 1. The van der Waals surface area contributed by atoms with Gasteiger partial charge in [0, 0.05) is 32.5 Å². The molecule has 3 N–H and O–H groups in total. The minimum Gasteiger partial charge on any atom is -0.506 e. The molecule has 0 fully saturated rings. The van der Waals surface area contributed by atoms with Crippen molar-refractivity contribution in [3.63, 3.8) is 0 Å². The van der Waals surface area contributed by atoms with Crippen LogP contribution in [0.5, 0.6) is 11.5 Å². The predicted octanol–water partition coefficient (Wildman–Crippen LogP) is 5.76. The first-order chi connectivity index (χ1) is 17.0. The van der Waals surface area contributed by atoms with Gasteiger partial charge in [-0.2, -0.15) is 5.10 Å². The van der Waals surface area contributed by atoms with E-state index in [-0.39, 0.29) is 25.0 Å². The number of nitrogens with one attached hydrogen (secondary N) is 2. The van der Waals surface area contributed by atoms with Crippen molar-refractivity contribution < 1.29 is 21.9 Å². The molecular formula is C27H27ClFN3O3. The first-order valence-corrected chi connectivity index (χ1v) is 11.3. The van der Waals surface area contributed by atoms with Crippen LogP contribution in [0.1, 0.15) is 24.3 Å². The van der Waals surface area contributed by atoms with Crippen LogP contribution in [-0.4, -0.2) is 30.4 Å². The van der Waals surface area contributed by atoms with Gasteiger partial charge in [-0.25, -0.2) is 9.82 Å². The molecule has 0 saturated carbocycles. The summed E-state index contributed by atoms with van der Waals surface area (Å²) in [5, 5.41) is 18.8. The number of carbonyl (C=O) groups is 1. The molecule has 0 aliphatic rings. The van der Waals surface area contributed by atoms with Crippen LogP contribution in [0.15, 0.2) is 84.0 Å². The van der Waals surface area contributed by atoms with Gasteiger partial charge in [0.05, 0.1) is 11.2 Å². The average molecular weight is 496 g/mol. The molecule has 0 heterocycles. The Morgan fingerprint density at radius 3 is 2.60 bits per heavy atom. The summed E-state index contributed by atoms with van der Waals surface area (Å²) in [6, 6.07) is 22.1. The Bertz CT molecular complexity index is 1370. The summed E-state index contributed by atoms with van der Waals surface area (Å²) in [6.45, 7) is 1.72. The van der Waals surface area contributed by atoms with Crippen molar-refractivity contribution in [1.82, 2.24) is 10.7 Å². The molecule has 182 valence electrons. The molecule has 0 unspecified atom stereocenters. The van der Waals surface area contributed by atoms with E-state index in [1.165, 1.54) is 30.3 Å². The van der Waals surface area contributed by atoms with E-state index in [2.05, 4.69) is 15.8 Å². The molecule has 4 aromatic rings. The van der Waals surface area contributed by atoms with E-state index in [0.29, 0.717) is 19.7 Å². The van der Waals surface area contributed by atoms with E-state index in [0.717, 1.165) is 27.6 Å². The number of phenolic OH excluding ortho intramolecular Hbond substituents is 1. The SMILES string of the molecule is O=C(N/N=C/c1ccc(OCCNCc2ccc(F)cc2)c2ccccc12)c1ccc(O)c(Cl)c1.[HH].[HH]. The maximum Gasteiger partial charge on any atom is 0.271 e. The number of halogens is 2. The third kappa shape index (κ3) is 6.35. The summed E-state index contributed by atoms with van der Waals surface area (Å²) in [4.78, 5) is 12.3. The first-order valence-electron chi connectivity index (χ1n) is 10.9. The highest BCUT2D eigenvalue weighted by Gasteiger charge is 2.08. The molecule has 4 rings (SSSR count). The van der Waals surface area contributed by atoms with Crippen LogP contribution in [-0.2, 0) is 6.54 Å². The monoisotopic (exact) mass is 495 g/mol. The van der Waals surface area contributed by atoms with Crippen LogP contribution in [0.3, 0.4) is 0 Å². The van der Waals surface area contributed by atoms with Gasteiger partial charge in [0.2, 0.25) is 0 Å². The van der Waals surface area contributed by atoms with E-state index < -0.39 is 5.91 Å². The second kappa shape index (κ2) is 11.5. The number of amides is 1. The Morgan fingerprint density at radius 1 is 1.06 bits per heavy atom. The van der Waals surface area contributed by atoms with Crippen LogP contribution < -0.4 is 15.5 Å². The minimum atomic E-state index is -0.444. The highest BCUT2D eigenvalue weighted by atomic mass is 35.5. The number of rotatable bonds is 9. The second-order valence-corrected chi connectivity index (χ2v) is 8.12. The summed E-state index contributed by atoms with van der Waals surface area (Å²) < 4.78 is 19.0. The fourth-order valence-electron chi connectivity index (χ4n) is 3.47. The number of benzene rings is 4. The van der Waals surface area contributed by atoms with Gasteiger partial charge >= 0.3 is 0 Å². The molecule has 0 spiro atoms. The van der Waals surface area contributed by atoms with Crippen LogP contribution in [0.2, 0.25) is 5.02 Å². The lowest BCUT2D eigenvalue weighted by Crippen LogP contribution is -2.20. The van der Waals surface area contributed by atoms with Gasteiger partial charge < -0.3 is 15.2 Å². The summed E-state index contributed by atoms with van der Waals surface area (Å²) in [5.74, 6) is -0.0455. The van der Waals surface area contributed by atoms with Crippen molar-refractivity contribution in [2.24, 2.45) is 5.10 Å². The van der Waals surface area contributed by atoms with E-state index in [4.69, 9.17) is 16.3 Å². The van der Waals surface area contributed by atoms with Crippen molar-refractivity contribution in [3.05, 3.63) is 106 Å². The Labute approximate surface area is 210 Å². The number of phenols is 1. The number of hydrogen-bond acceptors (Lipinski definition) is 5. The molecule has 8 heteroatoms. The van der Waals surface area contributed by atoms with Crippen LogP contribution in [0.25, 0.3) is 10.8 Å². The molecule has 0 aromatic heterocycles.